The van der Waals surface area contributed by atoms with Crippen LogP contribution in [0.4, 0.5) is 0 Å². The lowest BCUT2D eigenvalue weighted by Gasteiger charge is -2.26. The second kappa shape index (κ2) is 3.78. The fourth-order valence-electron chi connectivity index (χ4n) is 1.13. The molecule has 14 heavy (non-hydrogen) atoms. The molecule has 0 atom stereocenters. The van der Waals surface area contributed by atoms with Crippen LogP contribution in [0.3, 0.4) is 0 Å². The van der Waals surface area contributed by atoms with Crippen molar-refractivity contribution in [3.05, 3.63) is 23.9 Å². The lowest BCUT2D eigenvalue weighted by molar-refractivity contribution is 0.355. The van der Waals surface area contributed by atoms with Gasteiger partial charge in [0.2, 0.25) is 5.66 Å². The third-order valence-corrected chi connectivity index (χ3v) is 1.87. The summed E-state index contributed by atoms with van der Waals surface area (Å²) in [6, 6.07) is 0. The van der Waals surface area contributed by atoms with Crippen molar-refractivity contribution < 1.29 is 4.74 Å². The van der Waals surface area contributed by atoms with E-state index in [1.165, 1.54) is 12.5 Å². The zero-order chi connectivity index (χ0) is 10.6. The van der Waals surface area contributed by atoms with E-state index < -0.39 is 5.66 Å². The molecule has 0 saturated heterocycles. The Morgan fingerprint density at radius 1 is 0.929 bits per heavy atom. The molecule has 0 unspecified atom stereocenters. The second-order valence-electron chi connectivity index (χ2n) is 2.45. The van der Waals surface area contributed by atoms with Gasteiger partial charge in [-0.2, -0.15) is 0 Å². The summed E-state index contributed by atoms with van der Waals surface area (Å²) in [6.45, 7) is 13.6. The molecule has 5 nitrogen and oxygen atoms in total. The number of aliphatic imine (C=N–C) groups is 4. The summed E-state index contributed by atoms with van der Waals surface area (Å²) in [5.74, 6) is 0. The van der Waals surface area contributed by atoms with Crippen LogP contribution in [0.15, 0.2) is 43.9 Å². The Morgan fingerprint density at radius 3 is 1.64 bits per heavy atom. The highest BCUT2D eigenvalue weighted by Crippen LogP contribution is 2.35. The van der Waals surface area contributed by atoms with Crippen molar-refractivity contribution >= 4 is 26.9 Å². The van der Waals surface area contributed by atoms with Gasteiger partial charge in [-0.3, -0.25) is 20.0 Å². The highest BCUT2D eigenvalue weighted by atomic mass is 16.5. The lowest BCUT2D eigenvalue weighted by atomic mass is 10.0. The Balaban J connectivity index is 3.33. The molecule has 1 aliphatic rings. The van der Waals surface area contributed by atoms with Gasteiger partial charge in [-0.05, 0) is 26.9 Å². The predicted molar refractivity (Wildman–Crippen MR) is 58.2 cm³/mol. The Labute approximate surface area is 82.0 Å². The molecule has 0 aliphatic carbocycles. The third-order valence-electron chi connectivity index (χ3n) is 1.87. The molecule has 0 fully saturated rings. The number of rotatable bonds is 4. The average Bonchev–Trinajstić information content (AvgIpc) is 2.27. The molecule has 5 heteroatoms. The van der Waals surface area contributed by atoms with Gasteiger partial charge >= 0.3 is 0 Å². The highest BCUT2D eigenvalue weighted by molar-refractivity contribution is 5.49. The zero-order valence-corrected chi connectivity index (χ0v) is 7.68. The van der Waals surface area contributed by atoms with E-state index in [2.05, 4.69) is 46.8 Å². The van der Waals surface area contributed by atoms with E-state index in [0.29, 0.717) is 11.4 Å². The molecule has 1 heterocycles. The van der Waals surface area contributed by atoms with Crippen LogP contribution in [0.5, 0.6) is 0 Å². The van der Waals surface area contributed by atoms with Gasteiger partial charge in [0, 0.05) is 0 Å². The first-order chi connectivity index (χ1) is 6.75. The van der Waals surface area contributed by atoms with E-state index in [1.54, 1.807) is 0 Å². The molecule has 0 N–H and O–H groups in total. The molecule has 0 radical (unpaired) electrons. The van der Waals surface area contributed by atoms with E-state index in [4.69, 9.17) is 4.74 Å². The molecule has 0 amide bonds. The van der Waals surface area contributed by atoms with Crippen LogP contribution in [0.2, 0.25) is 0 Å². The number of nitrogens with zero attached hydrogens (tertiary/aromatic N) is 4. The molecule has 0 spiro atoms. The van der Waals surface area contributed by atoms with Crippen LogP contribution in [0, 0.1) is 0 Å². The first-order valence-electron chi connectivity index (χ1n) is 3.71. The molecular formula is C9H10N4O. The zero-order valence-electron chi connectivity index (χ0n) is 7.68. The van der Waals surface area contributed by atoms with Crippen molar-refractivity contribution in [3.8, 4) is 0 Å². The normalized spacial score (nSPS) is 18.3. The van der Waals surface area contributed by atoms with Gasteiger partial charge in [0.25, 0.3) is 0 Å². The fraction of sp³-hybridized carbons (Fsp3) is 0.111. The predicted octanol–water partition coefficient (Wildman–Crippen LogP) is 1.20. The Kier molecular flexibility index (Phi) is 2.71. The maximum Gasteiger partial charge on any atom is 0.240 e. The van der Waals surface area contributed by atoms with Crippen LogP contribution >= 0.6 is 0 Å². The Bertz CT molecular complexity index is 320. The van der Waals surface area contributed by atoms with Crippen LogP contribution in [0.25, 0.3) is 0 Å². The van der Waals surface area contributed by atoms with Gasteiger partial charge in [-0.25, -0.2) is 0 Å². The van der Waals surface area contributed by atoms with Crippen LogP contribution in [-0.4, -0.2) is 32.5 Å². The highest BCUT2D eigenvalue weighted by Gasteiger charge is 2.39. The molecule has 1 rings (SSSR count). The lowest BCUT2D eigenvalue weighted by Crippen LogP contribution is -2.29. The van der Waals surface area contributed by atoms with E-state index >= 15 is 0 Å². The van der Waals surface area contributed by atoms with Gasteiger partial charge in [-0.1, -0.05) is 0 Å². The molecule has 0 aromatic heterocycles. The van der Waals surface area contributed by atoms with Crippen LogP contribution in [0.1, 0.15) is 0 Å². The number of hydrogen-bond acceptors (Lipinski definition) is 5. The molecule has 0 aromatic rings. The summed E-state index contributed by atoms with van der Waals surface area (Å²) in [4.78, 5) is 15.1. The van der Waals surface area contributed by atoms with Crippen molar-refractivity contribution in [1.82, 2.24) is 0 Å². The molecule has 0 aromatic carbocycles. The van der Waals surface area contributed by atoms with Gasteiger partial charge in [0.15, 0.2) is 0 Å². The molecule has 1 aliphatic heterocycles. The molecule has 0 saturated carbocycles. The Hall–Kier alpha value is -2.04. The maximum absolute atomic E-state index is 4.97. The van der Waals surface area contributed by atoms with Crippen molar-refractivity contribution in [2.24, 2.45) is 20.0 Å². The maximum atomic E-state index is 4.97. The van der Waals surface area contributed by atoms with Crippen LogP contribution in [-0.2, 0) is 4.74 Å². The topological polar surface area (TPSA) is 58.7 Å². The summed E-state index contributed by atoms with van der Waals surface area (Å²) in [5.41, 5.74) is -0.373. The third kappa shape index (κ3) is 1.19. The van der Waals surface area contributed by atoms with Crippen molar-refractivity contribution in [3.63, 3.8) is 0 Å². The van der Waals surface area contributed by atoms with E-state index in [1.807, 2.05) is 0 Å². The standard InChI is InChI=1S/C9H10N4O/c1-10-7-5-14-6-8(11-2)9(7,12-3)13-4/h5-6H,1-4H2. The molecule has 72 valence electrons. The minimum absolute atomic E-state index is 0.382. The van der Waals surface area contributed by atoms with Gasteiger partial charge in [0.05, 0.1) is 0 Å². The van der Waals surface area contributed by atoms with Gasteiger partial charge in [-0.15, -0.1) is 0 Å². The summed E-state index contributed by atoms with van der Waals surface area (Å²) >= 11 is 0. The molecular weight excluding hydrogens is 180 g/mol. The van der Waals surface area contributed by atoms with Gasteiger partial charge in [0.1, 0.15) is 23.9 Å². The van der Waals surface area contributed by atoms with E-state index in [9.17, 15) is 0 Å². The monoisotopic (exact) mass is 190 g/mol. The summed E-state index contributed by atoms with van der Waals surface area (Å²) in [5, 5.41) is 0. The van der Waals surface area contributed by atoms with Crippen LogP contribution < -0.4 is 0 Å². The first kappa shape index (κ1) is 10.0. The van der Waals surface area contributed by atoms with Crippen molar-refractivity contribution in [2.45, 2.75) is 5.66 Å². The summed E-state index contributed by atoms with van der Waals surface area (Å²) < 4.78 is 4.97. The molecule has 0 bridgehead atoms. The number of ether oxygens (including phenoxy) is 1. The second-order valence-corrected chi connectivity index (χ2v) is 2.45. The Morgan fingerprint density at radius 2 is 1.36 bits per heavy atom. The van der Waals surface area contributed by atoms with E-state index in [0.717, 1.165) is 0 Å². The van der Waals surface area contributed by atoms with Crippen molar-refractivity contribution in [1.29, 1.82) is 0 Å². The first-order valence-corrected chi connectivity index (χ1v) is 3.71. The smallest absolute Gasteiger partial charge is 0.240 e. The minimum atomic E-state index is -1.14. The summed E-state index contributed by atoms with van der Waals surface area (Å²) in [7, 11) is 0. The average molecular weight is 190 g/mol. The number of hydrogen-bond donors (Lipinski definition) is 0. The van der Waals surface area contributed by atoms with Gasteiger partial charge < -0.3 is 4.74 Å². The SMILES string of the molecule is C=NC1=COC=C(N=C)C1(N=C)N=C. The summed E-state index contributed by atoms with van der Waals surface area (Å²) in [6.07, 6.45) is 2.73. The quantitative estimate of drug-likeness (QED) is 0.614. The minimum Gasteiger partial charge on any atom is -0.468 e. The van der Waals surface area contributed by atoms with E-state index in [-0.39, 0.29) is 0 Å². The largest absolute Gasteiger partial charge is 0.468 e. The fourth-order valence-corrected chi connectivity index (χ4v) is 1.13. The van der Waals surface area contributed by atoms with Crippen molar-refractivity contribution in [2.75, 3.05) is 0 Å².